The summed E-state index contributed by atoms with van der Waals surface area (Å²) in [7, 11) is 0. The molecule has 1 aromatic heterocycles. The molecule has 0 radical (unpaired) electrons. The van der Waals surface area contributed by atoms with Crippen molar-refractivity contribution in [3.63, 3.8) is 0 Å². The molecule has 0 unspecified atom stereocenters. The molecule has 2 heterocycles. The molecule has 3 rings (SSSR count). The van der Waals surface area contributed by atoms with Crippen LogP contribution >= 0.6 is 0 Å². The molecule has 2 atom stereocenters. The van der Waals surface area contributed by atoms with Gasteiger partial charge in [-0.3, -0.25) is 4.98 Å². The standard InChI is InChI=1S/C20H27N3O/c1-13-7-17(8-14(2)22-13)20-6-5-19(9-18(20)10-21)23-11-15(3)24-16(4)12-23/h5-9,15-16H,10-12,21H2,1-4H3/t15-,16+. The molecule has 1 aromatic carbocycles. The van der Waals surface area contributed by atoms with E-state index >= 15 is 0 Å². The Bertz CT molecular complexity index is 699. The highest BCUT2D eigenvalue weighted by Gasteiger charge is 2.22. The highest BCUT2D eigenvalue weighted by molar-refractivity contribution is 5.71. The lowest BCUT2D eigenvalue weighted by atomic mass is 9.98. The zero-order valence-corrected chi connectivity index (χ0v) is 15.0. The Kier molecular flexibility index (Phi) is 4.88. The van der Waals surface area contributed by atoms with E-state index in [-0.39, 0.29) is 12.2 Å². The fourth-order valence-electron chi connectivity index (χ4n) is 3.61. The van der Waals surface area contributed by atoms with Gasteiger partial charge in [0.05, 0.1) is 12.2 Å². The van der Waals surface area contributed by atoms with Crippen molar-refractivity contribution in [2.75, 3.05) is 18.0 Å². The van der Waals surface area contributed by atoms with Crippen molar-refractivity contribution >= 4 is 5.69 Å². The first-order valence-electron chi connectivity index (χ1n) is 8.65. The second-order valence-electron chi connectivity index (χ2n) is 6.85. The number of hydrogen-bond donors (Lipinski definition) is 1. The number of nitrogens with zero attached hydrogens (tertiary/aromatic N) is 2. The fraction of sp³-hybridized carbons (Fsp3) is 0.450. The number of morpholine rings is 1. The summed E-state index contributed by atoms with van der Waals surface area (Å²) in [6.45, 7) is 10.7. The van der Waals surface area contributed by atoms with Crippen LogP contribution in [0, 0.1) is 13.8 Å². The summed E-state index contributed by atoms with van der Waals surface area (Å²) in [6, 6.07) is 10.9. The summed E-state index contributed by atoms with van der Waals surface area (Å²) in [5.74, 6) is 0. The minimum absolute atomic E-state index is 0.250. The van der Waals surface area contributed by atoms with E-state index in [0.29, 0.717) is 6.54 Å². The first-order valence-corrected chi connectivity index (χ1v) is 8.65. The summed E-state index contributed by atoms with van der Waals surface area (Å²) in [6.07, 6.45) is 0.500. The average molecular weight is 325 g/mol. The van der Waals surface area contributed by atoms with Gasteiger partial charge in [-0.25, -0.2) is 0 Å². The molecule has 0 spiro atoms. The van der Waals surface area contributed by atoms with Crippen LogP contribution in [-0.4, -0.2) is 30.3 Å². The lowest BCUT2D eigenvalue weighted by Crippen LogP contribution is -2.45. The Morgan fingerprint density at radius 2 is 1.71 bits per heavy atom. The Balaban J connectivity index is 1.96. The van der Waals surface area contributed by atoms with E-state index in [1.807, 2.05) is 13.8 Å². The second-order valence-corrected chi connectivity index (χ2v) is 6.85. The quantitative estimate of drug-likeness (QED) is 0.939. The number of pyridine rings is 1. The first kappa shape index (κ1) is 16.9. The van der Waals surface area contributed by atoms with Crippen LogP contribution in [0.1, 0.15) is 30.8 Å². The molecule has 1 saturated heterocycles. The average Bonchev–Trinajstić information content (AvgIpc) is 2.52. The maximum Gasteiger partial charge on any atom is 0.0726 e. The molecule has 4 heteroatoms. The van der Waals surface area contributed by atoms with Crippen LogP contribution < -0.4 is 10.6 Å². The topological polar surface area (TPSA) is 51.4 Å². The molecule has 0 aliphatic carbocycles. The predicted octanol–water partition coefficient (Wildman–Crippen LogP) is 3.44. The minimum atomic E-state index is 0.250. The summed E-state index contributed by atoms with van der Waals surface area (Å²) in [4.78, 5) is 6.86. The van der Waals surface area contributed by atoms with Crippen LogP contribution in [-0.2, 0) is 11.3 Å². The van der Waals surface area contributed by atoms with Crippen molar-refractivity contribution < 1.29 is 4.74 Å². The second kappa shape index (κ2) is 6.91. The van der Waals surface area contributed by atoms with Gasteiger partial charge >= 0.3 is 0 Å². The number of nitrogens with two attached hydrogens (primary N) is 1. The maximum absolute atomic E-state index is 6.06. The van der Waals surface area contributed by atoms with Crippen LogP contribution in [0.4, 0.5) is 5.69 Å². The van der Waals surface area contributed by atoms with E-state index < -0.39 is 0 Å². The fourth-order valence-corrected chi connectivity index (χ4v) is 3.61. The van der Waals surface area contributed by atoms with Gasteiger partial charge in [0, 0.05) is 36.7 Å². The van der Waals surface area contributed by atoms with E-state index in [1.165, 1.54) is 22.4 Å². The maximum atomic E-state index is 6.06. The van der Waals surface area contributed by atoms with Crippen molar-refractivity contribution in [2.24, 2.45) is 5.73 Å². The summed E-state index contributed by atoms with van der Waals surface area (Å²) >= 11 is 0. The number of aryl methyl sites for hydroxylation is 2. The molecular formula is C20H27N3O. The zero-order chi connectivity index (χ0) is 17.3. The number of ether oxygens (including phenoxy) is 1. The minimum Gasteiger partial charge on any atom is -0.372 e. The molecule has 2 aromatic rings. The number of rotatable bonds is 3. The van der Waals surface area contributed by atoms with Crippen molar-refractivity contribution in [1.29, 1.82) is 0 Å². The van der Waals surface area contributed by atoms with Gasteiger partial charge in [0.2, 0.25) is 0 Å². The third-order valence-corrected chi connectivity index (χ3v) is 4.49. The molecule has 0 saturated carbocycles. The smallest absolute Gasteiger partial charge is 0.0726 e. The highest BCUT2D eigenvalue weighted by Crippen LogP contribution is 2.30. The number of benzene rings is 1. The summed E-state index contributed by atoms with van der Waals surface area (Å²) < 4.78 is 5.84. The van der Waals surface area contributed by atoms with Gasteiger partial charge in [-0.1, -0.05) is 6.07 Å². The van der Waals surface area contributed by atoms with E-state index in [1.54, 1.807) is 0 Å². The number of anilines is 1. The molecule has 24 heavy (non-hydrogen) atoms. The molecule has 2 N–H and O–H groups in total. The summed E-state index contributed by atoms with van der Waals surface area (Å²) in [5.41, 5.74) is 12.9. The first-order chi connectivity index (χ1) is 11.5. The van der Waals surface area contributed by atoms with Gasteiger partial charge in [-0.15, -0.1) is 0 Å². The number of hydrogen-bond acceptors (Lipinski definition) is 4. The third-order valence-electron chi connectivity index (χ3n) is 4.49. The molecule has 0 bridgehead atoms. The highest BCUT2D eigenvalue weighted by atomic mass is 16.5. The molecule has 1 fully saturated rings. The summed E-state index contributed by atoms with van der Waals surface area (Å²) in [5, 5.41) is 0. The van der Waals surface area contributed by atoms with Gasteiger partial charge in [-0.05, 0) is 68.7 Å². The largest absolute Gasteiger partial charge is 0.372 e. The van der Waals surface area contributed by atoms with Gasteiger partial charge in [0.15, 0.2) is 0 Å². The van der Waals surface area contributed by atoms with Crippen LogP contribution in [0.3, 0.4) is 0 Å². The van der Waals surface area contributed by atoms with Crippen molar-refractivity contribution in [3.8, 4) is 11.1 Å². The predicted molar refractivity (Wildman–Crippen MR) is 99.3 cm³/mol. The Labute approximate surface area is 144 Å². The van der Waals surface area contributed by atoms with Crippen LogP contribution in [0.2, 0.25) is 0 Å². The Morgan fingerprint density at radius 1 is 1.08 bits per heavy atom. The van der Waals surface area contributed by atoms with Crippen LogP contribution in [0.15, 0.2) is 30.3 Å². The lowest BCUT2D eigenvalue weighted by Gasteiger charge is -2.37. The van der Waals surface area contributed by atoms with Gasteiger partial charge < -0.3 is 15.4 Å². The van der Waals surface area contributed by atoms with E-state index in [4.69, 9.17) is 10.5 Å². The van der Waals surface area contributed by atoms with E-state index in [0.717, 1.165) is 24.5 Å². The number of aromatic nitrogens is 1. The van der Waals surface area contributed by atoms with Gasteiger partial charge in [0.25, 0.3) is 0 Å². The molecule has 1 aliphatic rings. The molecule has 128 valence electrons. The van der Waals surface area contributed by atoms with Crippen LogP contribution in [0.5, 0.6) is 0 Å². The van der Waals surface area contributed by atoms with Crippen molar-refractivity contribution in [2.45, 2.75) is 46.4 Å². The van der Waals surface area contributed by atoms with Gasteiger partial charge in [-0.2, -0.15) is 0 Å². The Morgan fingerprint density at radius 3 is 2.29 bits per heavy atom. The monoisotopic (exact) mass is 325 g/mol. The van der Waals surface area contributed by atoms with E-state index in [2.05, 4.69) is 54.1 Å². The SMILES string of the molecule is Cc1cc(-c2ccc(N3C[C@@H](C)O[C@@H](C)C3)cc2CN)cc(C)n1. The van der Waals surface area contributed by atoms with Crippen molar-refractivity contribution in [1.82, 2.24) is 4.98 Å². The Hall–Kier alpha value is -1.91. The molecule has 1 aliphatic heterocycles. The van der Waals surface area contributed by atoms with Crippen LogP contribution in [0.25, 0.3) is 11.1 Å². The lowest BCUT2D eigenvalue weighted by molar-refractivity contribution is -0.00521. The molecular weight excluding hydrogens is 298 g/mol. The molecule has 0 amide bonds. The molecule has 4 nitrogen and oxygen atoms in total. The van der Waals surface area contributed by atoms with E-state index in [9.17, 15) is 0 Å². The third kappa shape index (κ3) is 3.60. The van der Waals surface area contributed by atoms with Gasteiger partial charge in [0.1, 0.15) is 0 Å². The normalized spacial score (nSPS) is 21.1. The van der Waals surface area contributed by atoms with Crippen molar-refractivity contribution in [3.05, 3.63) is 47.3 Å². The zero-order valence-electron chi connectivity index (χ0n) is 15.0.